The number of hydrogen-bond donors (Lipinski definition) is 2. The molecule has 0 saturated heterocycles. The molecule has 1 amide bonds. The summed E-state index contributed by atoms with van der Waals surface area (Å²) in [6.07, 6.45) is 1.52. The number of aryl methyl sites for hydroxylation is 1. The maximum atomic E-state index is 12.2. The summed E-state index contributed by atoms with van der Waals surface area (Å²) in [7, 11) is 0. The fourth-order valence-electron chi connectivity index (χ4n) is 2.45. The molecule has 0 bridgehead atoms. The molecule has 8 heteroatoms. The van der Waals surface area contributed by atoms with E-state index in [1.54, 1.807) is 0 Å². The van der Waals surface area contributed by atoms with E-state index in [1.165, 1.54) is 11.3 Å². The number of hydrogen-bond acceptors (Lipinski definition) is 6. The van der Waals surface area contributed by atoms with Crippen molar-refractivity contribution in [1.82, 2.24) is 15.5 Å². The van der Waals surface area contributed by atoms with Crippen molar-refractivity contribution in [3.63, 3.8) is 0 Å². The number of aliphatic carboxylic acids is 1. The molecule has 0 aromatic carbocycles. The summed E-state index contributed by atoms with van der Waals surface area (Å²) in [5.41, 5.74) is 0.153. The lowest BCUT2D eigenvalue weighted by atomic mass is 9.88. The number of carboxylic acids is 1. The van der Waals surface area contributed by atoms with Crippen LogP contribution in [0.15, 0.2) is 21.2 Å². The standard InChI is InChI=1S/C16H21N3O4S/c1-3-16(4-2,9-14(21)22)17-12(20)5-6-13-18-19-15(23-13)11-7-8-24-10-11/h7-8,10H,3-6,9H2,1-2H3,(H,17,20)(H,21,22). The molecule has 0 fully saturated rings. The molecule has 0 unspecified atom stereocenters. The fourth-order valence-corrected chi connectivity index (χ4v) is 3.08. The van der Waals surface area contributed by atoms with E-state index >= 15 is 0 Å². The topological polar surface area (TPSA) is 105 Å². The van der Waals surface area contributed by atoms with Crippen molar-refractivity contribution in [1.29, 1.82) is 0 Å². The van der Waals surface area contributed by atoms with Gasteiger partial charge in [-0.2, -0.15) is 11.3 Å². The van der Waals surface area contributed by atoms with Crippen molar-refractivity contribution in [2.24, 2.45) is 0 Å². The average molecular weight is 351 g/mol. The summed E-state index contributed by atoms with van der Waals surface area (Å²) in [6, 6.07) is 1.89. The van der Waals surface area contributed by atoms with Crippen LogP contribution in [0.3, 0.4) is 0 Å². The molecule has 7 nitrogen and oxygen atoms in total. The van der Waals surface area contributed by atoms with Crippen molar-refractivity contribution in [3.05, 3.63) is 22.7 Å². The molecule has 0 radical (unpaired) electrons. The van der Waals surface area contributed by atoms with Crippen molar-refractivity contribution in [2.75, 3.05) is 0 Å². The highest BCUT2D eigenvalue weighted by Gasteiger charge is 2.30. The molecule has 0 aliphatic heterocycles. The molecule has 0 saturated carbocycles. The van der Waals surface area contributed by atoms with Crippen LogP contribution in [0.5, 0.6) is 0 Å². The number of nitrogens with one attached hydrogen (secondary N) is 1. The number of carbonyl (C=O) groups is 2. The zero-order valence-corrected chi connectivity index (χ0v) is 14.6. The van der Waals surface area contributed by atoms with Crippen molar-refractivity contribution >= 4 is 23.2 Å². The summed E-state index contributed by atoms with van der Waals surface area (Å²) in [6.45, 7) is 3.75. The van der Waals surface area contributed by atoms with Gasteiger partial charge < -0.3 is 14.8 Å². The minimum absolute atomic E-state index is 0.0887. The monoisotopic (exact) mass is 351 g/mol. The number of aromatic nitrogens is 2. The summed E-state index contributed by atoms with van der Waals surface area (Å²) < 4.78 is 5.54. The van der Waals surface area contributed by atoms with Crippen molar-refractivity contribution in [3.8, 4) is 11.5 Å². The Kier molecular flexibility index (Phi) is 6.08. The number of thiophene rings is 1. The van der Waals surface area contributed by atoms with Gasteiger partial charge in [0.2, 0.25) is 17.7 Å². The second-order valence-electron chi connectivity index (χ2n) is 5.62. The van der Waals surface area contributed by atoms with Crippen LogP contribution in [-0.2, 0) is 16.0 Å². The second-order valence-corrected chi connectivity index (χ2v) is 6.40. The van der Waals surface area contributed by atoms with Gasteiger partial charge in [0.1, 0.15) is 0 Å². The van der Waals surface area contributed by atoms with Gasteiger partial charge in [-0.25, -0.2) is 0 Å². The highest BCUT2D eigenvalue weighted by molar-refractivity contribution is 7.08. The first-order chi connectivity index (χ1) is 11.5. The predicted octanol–water partition coefficient (Wildman–Crippen LogP) is 2.88. The highest BCUT2D eigenvalue weighted by Crippen LogP contribution is 2.22. The van der Waals surface area contributed by atoms with Gasteiger partial charge in [0.25, 0.3) is 0 Å². The van der Waals surface area contributed by atoms with E-state index in [0.717, 1.165) is 5.56 Å². The Hall–Kier alpha value is -2.22. The molecule has 2 rings (SSSR count). The van der Waals surface area contributed by atoms with Gasteiger partial charge in [0, 0.05) is 29.3 Å². The second kappa shape index (κ2) is 8.05. The third-order valence-electron chi connectivity index (χ3n) is 4.05. The summed E-state index contributed by atoms with van der Waals surface area (Å²) in [4.78, 5) is 23.2. The summed E-state index contributed by atoms with van der Waals surface area (Å²) in [5, 5.41) is 23.6. The quantitative estimate of drug-likeness (QED) is 0.719. The first-order valence-corrected chi connectivity index (χ1v) is 8.80. The predicted molar refractivity (Wildman–Crippen MR) is 89.6 cm³/mol. The minimum atomic E-state index is -0.920. The Morgan fingerprint density at radius 1 is 1.33 bits per heavy atom. The molecule has 130 valence electrons. The summed E-state index contributed by atoms with van der Waals surface area (Å²) >= 11 is 1.54. The molecule has 2 N–H and O–H groups in total. The molecule has 2 aromatic rings. The largest absolute Gasteiger partial charge is 0.481 e. The number of nitrogens with zero attached hydrogens (tertiary/aromatic N) is 2. The first kappa shape index (κ1) is 18.1. The van der Waals surface area contributed by atoms with E-state index in [2.05, 4.69) is 15.5 Å². The van der Waals surface area contributed by atoms with E-state index in [0.29, 0.717) is 31.0 Å². The van der Waals surface area contributed by atoms with E-state index in [4.69, 9.17) is 9.52 Å². The van der Waals surface area contributed by atoms with Gasteiger partial charge in [-0.05, 0) is 24.3 Å². The Bertz CT molecular complexity index is 677. The minimum Gasteiger partial charge on any atom is -0.481 e. The van der Waals surface area contributed by atoms with Gasteiger partial charge in [-0.3, -0.25) is 9.59 Å². The molecular weight excluding hydrogens is 330 g/mol. The summed E-state index contributed by atoms with van der Waals surface area (Å²) in [5.74, 6) is -0.302. The molecule has 2 heterocycles. The van der Waals surface area contributed by atoms with Crippen LogP contribution in [-0.4, -0.2) is 32.7 Å². The molecular formula is C16H21N3O4S. The fraction of sp³-hybridized carbons (Fsp3) is 0.500. The Labute approximate surface area is 144 Å². The first-order valence-electron chi connectivity index (χ1n) is 7.85. The lowest BCUT2D eigenvalue weighted by Gasteiger charge is -2.31. The lowest BCUT2D eigenvalue weighted by molar-refractivity contribution is -0.139. The molecule has 0 aliphatic rings. The zero-order chi connectivity index (χ0) is 17.6. The van der Waals surface area contributed by atoms with Crippen molar-refractivity contribution < 1.29 is 19.1 Å². The lowest BCUT2D eigenvalue weighted by Crippen LogP contribution is -2.49. The molecule has 2 aromatic heterocycles. The normalized spacial score (nSPS) is 11.4. The maximum Gasteiger partial charge on any atom is 0.305 e. The van der Waals surface area contributed by atoms with E-state index in [1.807, 2.05) is 30.7 Å². The molecule has 0 spiro atoms. The van der Waals surface area contributed by atoms with Crippen LogP contribution in [0.4, 0.5) is 0 Å². The molecule has 24 heavy (non-hydrogen) atoms. The Morgan fingerprint density at radius 3 is 2.67 bits per heavy atom. The Balaban J connectivity index is 1.91. The van der Waals surface area contributed by atoms with Crippen LogP contribution < -0.4 is 5.32 Å². The van der Waals surface area contributed by atoms with Crippen molar-refractivity contribution in [2.45, 2.75) is 51.5 Å². The third-order valence-corrected chi connectivity index (χ3v) is 4.73. The Morgan fingerprint density at radius 2 is 2.08 bits per heavy atom. The van der Waals surface area contributed by atoms with Crippen LogP contribution in [0.2, 0.25) is 0 Å². The van der Waals surface area contributed by atoms with Crippen LogP contribution in [0, 0.1) is 0 Å². The number of carboxylic acid groups (broad SMARTS) is 1. The zero-order valence-electron chi connectivity index (χ0n) is 13.7. The number of rotatable bonds is 9. The van der Waals surface area contributed by atoms with E-state index in [-0.39, 0.29) is 18.7 Å². The molecule has 0 atom stereocenters. The van der Waals surface area contributed by atoms with E-state index < -0.39 is 11.5 Å². The van der Waals surface area contributed by atoms with Crippen LogP contribution in [0.25, 0.3) is 11.5 Å². The maximum absolute atomic E-state index is 12.2. The van der Waals surface area contributed by atoms with Crippen LogP contribution >= 0.6 is 11.3 Å². The smallest absolute Gasteiger partial charge is 0.305 e. The highest BCUT2D eigenvalue weighted by atomic mass is 32.1. The van der Waals surface area contributed by atoms with Gasteiger partial charge in [0.15, 0.2) is 0 Å². The van der Waals surface area contributed by atoms with Gasteiger partial charge in [0.05, 0.1) is 6.42 Å². The third kappa shape index (κ3) is 4.64. The van der Waals surface area contributed by atoms with Gasteiger partial charge in [-0.1, -0.05) is 13.8 Å². The van der Waals surface area contributed by atoms with Gasteiger partial charge >= 0.3 is 5.97 Å². The van der Waals surface area contributed by atoms with E-state index in [9.17, 15) is 9.59 Å². The number of carbonyl (C=O) groups excluding carboxylic acids is 1. The molecule has 0 aliphatic carbocycles. The SMILES string of the molecule is CCC(CC)(CC(=O)O)NC(=O)CCc1nnc(-c2ccsc2)o1. The van der Waals surface area contributed by atoms with Gasteiger partial charge in [-0.15, -0.1) is 10.2 Å². The number of amides is 1. The average Bonchev–Trinajstić information content (AvgIpc) is 3.22. The van der Waals surface area contributed by atoms with Crippen LogP contribution in [0.1, 0.15) is 45.4 Å².